The van der Waals surface area contributed by atoms with Crippen LogP contribution in [0.1, 0.15) is 18.1 Å². The predicted molar refractivity (Wildman–Crippen MR) is 83.2 cm³/mol. The van der Waals surface area contributed by atoms with E-state index in [1.807, 2.05) is 0 Å². The van der Waals surface area contributed by atoms with Gasteiger partial charge in [0.2, 0.25) is 5.96 Å². The molecule has 0 saturated carbocycles. The summed E-state index contributed by atoms with van der Waals surface area (Å²) in [6.07, 6.45) is -9.48. The van der Waals surface area contributed by atoms with Crippen molar-refractivity contribution in [2.24, 2.45) is 26.7 Å². The monoisotopic (exact) mass is 388 g/mol. The van der Waals surface area contributed by atoms with Crippen molar-refractivity contribution in [3.05, 3.63) is 29.3 Å². The van der Waals surface area contributed by atoms with Gasteiger partial charge in [-0.25, -0.2) is 10.0 Å². The number of hydrogen-bond acceptors (Lipinski definition) is 5. The minimum atomic E-state index is -4.79. The maximum absolute atomic E-state index is 13.1. The van der Waals surface area contributed by atoms with E-state index in [0.29, 0.717) is 6.07 Å². The lowest BCUT2D eigenvalue weighted by molar-refractivity contribution is -0.137. The van der Waals surface area contributed by atoms with E-state index in [2.05, 4.69) is 15.1 Å². The maximum atomic E-state index is 13.1. The van der Waals surface area contributed by atoms with Crippen molar-refractivity contribution in [3.63, 3.8) is 0 Å². The molecule has 2 heterocycles. The molecule has 2 aliphatic heterocycles. The number of nitrogens with two attached hydrogens (primary N) is 1. The van der Waals surface area contributed by atoms with Crippen LogP contribution in [0.2, 0.25) is 0 Å². The lowest BCUT2D eigenvalue weighted by Gasteiger charge is -2.17. The van der Waals surface area contributed by atoms with Crippen molar-refractivity contribution in [1.29, 1.82) is 5.26 Å². The summed E-state index contributed by atoms with van der Waals surface area (Å²) in [5, 5.41) is 13.1. The van der Waals surface area contributed by atoms with Gasteiger partial charge in [0.05, 0.1) is 22.9 Å². The summed E-state index contributed by atoms with van der Waals surface area (Å²) in [7, 11) is 0. The van der Waals surface area contributed by atoms with Gasteiger partial charge in [0, 0.05) is 5.92 Å². The first-order valence-electron chi connectivity index (χ1n) is 7.42. The summed E-state index contributed by atoms with van der Waals surface area (Å²) < 4.78 is 78.3. The first kappa shape index (κ1) is 18.7. The number of hydrazone groups is 1. The average Bonchev–Trinajstić information content (AvgIpc) is 3.05. The SMILES string of the molecule is CC1C(C(F)(F)F)=NN2C(N)=N/C(=N\c3ccc(C#N)c(C(F)(F)F)c3)C12. The quantitative estimate of drug-likeness (QED) is 0.750. The highest BCUT2D eigenvalue weighted by Gasteiger charge is 2.52. The van der Waals surface area contributed by atoms with Crippen molar-refractivity contribution in [1.82, 2.24) is 5.01 Å². The number of rotatable bonds is 1. The number of aliphatic imine (C=N–C) groups is 2. The van der Waals surface area contributed by atoms with E-state index in [-0.39, 0.29) is 17.5 Å². The third-order valence-electron chi connectivity index (χ3n) is 4.08. The largest absolute Gasteiger partial charge is 0.431 e. The number of hydrogen-bond donors (Lipinski definition) is 1. The van der Waals surface area contributed by atoms with Crippen molar-refractivity contribution < 1.29 is 26.3 Å². The zero-order valence-corrected chi connectivity index (χ0v) is 13.5. The zero-order valence-electron chi connectivity index (χ0n) is 13.5. The molecule has 1 aromatic carbocycles. The molecular formula is C15H10F6N6. The molecule has 2 unspecified atom stereocenters. The van der Waals surface area contributed by atoms with Gasteiger partial charge in [0.15, 0.2) is 5.84 Å². The average molecular weight is 388 g/mol. The van der Waals surface area contributed by atoms with Gasteiger partial charge in [-0.15, -0.1) is 0 Å². The van der Waals surface area contributed by atoms with E-state index < -0.39 is 41.2 Å². The molecule has 142 valence electrons. The Balaban J connectivity index is 2.02. The summed E-state index contributed by atoms with van der Waals surface area (Å²) in [6.45, 7) is 1.25. The van der Waals surface area contributed by atoms with E-state index in [1.165, 1.54) is 13.0 Å². The second-order valence-corrected chi connectivity index (χ2v) is 5.84. The summed E-state index contributed by atoms with van der Waals surface area (Å²) in [5.74, 6) is -1.70. The second kappa shape index (κ2) is 5.97. The fraction of sp³-hybridized carbons (Fsp3) is 0.333. The van der Waals surface area contributed by atoms with Gasteiger partial charge in [-0.2, -0.15) is 41.7 Å². The normalized spacial score (nSPS) is 23.9. The third kappa shape index (κ3) is 3.20. The molecule has 6 nitrogen and oxygen atoms in total. The summed E-state index contributed by atoms with van der Waals surface area (Å²) in [4.78, 5) is 7.74. The first-order chi connectivity index (χ1) is 12.4. The second-order valence-electron chi connectivity index (χ2n) is 5.84. The molecule has 2 atom stereocenters. The Morgan fingerprint density at radius 1 is 1.19 bits per heavy atom. The summed E-state index contributed by atoms with van der Waals surface area (Å²) in [6, 6.07) is 3.05. The molecule has 3 rings (SSSR count). The molecule has 12 heteroatoms. The van der Waals surface area contributed by atoms with Crippen LogP contribution in [0.5, 0.6) is 0 Å². The number of nitriles is 1. The molecule has 0 saturated heterocycles. The van der Waals surface area contributed by atoms with Crippen molar-refractivity contribution in [2.75, 3.05) is 0 Å². The third-order valence-corrected chi connectivity index (χ3v) is 4.08. The van der Waals surface area contributed by atoms with E-state index in [4.69, 9.17) is 11.0 Å². The van der Waals surface area contributed by atoms with E-state index in [0.717, 1.165) is 17.1 Å². The molecule has 27 heavy (non-hydrogen) atoms. The van der Waals surface area contributed by atoms with Crippen LogP contribution in [-0.2, 0) is 6.18 Å². The minimum Gasteiger partial charge on any atom is -0.368 e. The Kier molecular flexibility index (Phi) is 4.13. The molecule has 1 aromatic rings. The lowest BCUT2D eigenvalue weighted by atomic mass is 9.97. The van der Waals surface area contributed by atoms with Gasteiger partial charge in [-0.3, -0.25) is 0 Å². The van der Waals surface area contributed by atoms with Crippen LogP contribution >= 0.6 is 0 Å². The molecule has 2 aliphatic rings. The number of fused-ring (bicyclic) bond motifs is 1. The van der Waals surface area contributed by atoms with Gasteiger partial charge in [0.1, 0.15) is 11.8 Å². The van der Waals surface area contributed by atoms with Gasteiger partial charge in [-0.1, -0.05) is 6.92 Å². The summed E-state index contributed by atoms with van der Waals surface area (Å²) >= 11 is 0. The highest BCUT2D eigenvalue weighted by Crippen LogP contribution is 2.37. The highest BCUT2D eigenvalue weighted by molar-refractivity contribution is 6.11. The van der Waals surface area contributed by atoms with Crippen LogP contribution < -0.4 is 5.73 Å². The van der Waals surface area contributed by atoms with Crippen molar-refractivity contribution in [2.45, 2.75) is 25.3 Å². The number of amidine groups is 1. The Bertz CT molecular complexity index is 920. The first-order valence-corrected chi connectivity index (χ1v) is 7.42. The van der Waals surface area contributed by atoms with Crippen molar-refractivity contribution in [3.8, 4) is 6.07 Å². The van der Waals surface area contributed by atoms with E-state index >= 15 is 0 Å². The number of halogens is 6. The molecule has 0 radical (unpaired) electrons. The number of alkyl halides is 6. The lowest BCUT2D eigenvalue weighted by Crippen LogP contribution is -2.39. The van der Waals surface area contributed by atoms with Crippen LogP contribution in [-0.4, -0.2) is 34.7 Å². The molecule has 0 aromatic heterocycles. The minimum absolute atomic E-state index is 0.194. The maximum Gasteiger partial charge on any atom is 0.431 e. The number of benzene rings is 1. The molecule has 2 N–H and O–H groups in total. The van der Waals surface area contributed by atoms with E-state index in [9.17, 15) is 26.3 Å². The van der Waals surface area contributed by atoms with Gasteiger partial charge >= 0.3 is 12.4 Å². The molecule has 0 aliphatic carbocycles. The molecular weight excluding hydrogens is 378 g/mol. The van der Waals surface area contributed by atoms with Crippen LogP contribution in [0.25, 0.3) is 0 Å². The zero-order chi connectivity index (χ0) is 20.1. The van der Waals surface area contributed by atoms with E-state index in [1.54, 1.807) is 0 Å². The Morgan fingerprint density at radius 2 is 1.85 bits per heavy atom. The fourth-order valence-electron chi connectivity index (χ4n) is 2.86. The van der Waals surface area contributed by atoms with Gasteiger partial charge in [0.25, 0.3) is 0 Å². The fourth-order valence-corrected chi connectivity index (χ4v) is 2.86. The van der Waals surface area contributed by atoms with Crippen LogP contribution in [0, 0.1) is 17.2 Å². The smallest absolute Gasteiger partial charge is 0.368 e. The molecule has 0 bridgehead atoms. The van der Waals surface area contributed by atoms with Crippen LogP contribution in [0.15, 0.2) is 33.3 Å². The standard InChI is InChI=1S/C15H10F6N6/c1-6-10-12(25-13(23)27(10)26-11(6)15(19,20)21)24-8-3-2-7(5-22)9(4-8)14(16,17)18/h2-4,6,10H,1H3,(H2,23,24,25). The van der Waals surface area contributed by atoms with Gasteiger partial charge < -0.3 is 5.73 Å². The highest BCUT2D eigenvalue weighted by atomic mass is 19.4. The molecule has 0 fully saturated rings. The topological polar surface area (TPSA) is 90.1 Å². The molecule has 0 spiro atoms. The Labute approximate surface area is 148 Å². The van der Waals surface area contributed by atoms with Crippen LogP contribution in [0.4, 0.5) is 32.0 Å². The van der Waals surface area contributed by atoms with Crippen LogP contribution in [0.3, 0.4) is 0 Å². The van der Waals surface area contributed by atoms with Gasteiger partial charge in [-0.05, 0) is 18.2 Å². The number of guanidine groups is 1. The Hall–Kier alpha value is -3.10. The molecule has 0 amide bonds. The predicted octanol–water partition coefficient (Wildman–Crippen LogP) is 3.17. The summed E-state index contributed by atoms with van der Waals surface area (Å²) in [5.41, 5.74) is 2.48. The van der Waals surface area contributed by atoms with Crippen molar-refractivity contribution >= 4 is 23.2 Å². The Morgan fingerprint density at radius 3 is 2.41 bits per heavy atom. The number of nitrogens with zero attached hydrogens (tertiary/aromatic N) is 5.